The van der Waals surface area contributed by atoms with Crippen LogP contribution < -0.4 is 10.1 Å². The van der Waals surface area contributed by atoms with Gasteiger partial charge in [0.05, 0.1) is 30.6 Å². The van der Waals surface area contributed by atoms with Crippen molar-refractivity contribution in [2.24, 2.45) is 0 Å². The number of aromatic nitrogens is 1. The predicted octanol–water partition coefficient (Wildman–Crippen LogP) is 5.41. The van der Waals surface area contributed by atoms with E-state index in [-0.39, 0.29) is 12.5 Å². The number of aromatic amines is 1. The number of H-pyrrole nitrogens is 1. The first-order valence-electron chi connectivity index (χ1n) is 10.6. The predicted molar refractivity (Wildman–Crippen MR) is 119 cm³/mol. The summed E-state index contributed by atoms with van der Waals surface area (Å²) in [6, 6.07) is 12.2. The molecule has 1 fully saturated rings. The van der Waals surface area contributed by atoms with Crippen molar-refractivity contribution in [2.75, 3.05) is 32.2 Å². The molecule has 0 unspecified atom stereocenters. The van der Waals surface area contributed by atoms with Crippen LogP contribution >= 0.6 is 0 Å². The molecule has 1 aliphatic rings. The molecular formula is C24H27F3N2O4. The number of halogens is 3. The van der Waals surface area contributed by atoms with Crippen molar-refractivity contribution in [3.05, 3.63) is 60.3 Å². The highest BCUT2D eigenvalue weighted by molar-refractivity contribution is 6.02. The number of hydrogen-bond acceptors (Lipinski definition) is 4. The lowest BCUT2D eigenvalue weighted by atomic mass is 9.96. The minimum atomic E-state index is -4.21. The van der Waals surface area contributed by atoms with E-state index in [1.54, 1.807) is 19.4 Å². The molecule has 1 heterocycles. The number of nitrogens with one attached hydrogen (secondary N) is 2. The summed E-state index contributed by atoms with van der Waals surface area (Å²) in [6.07, 6.45) is 1.38. The number of carbonyl (C=O) groups excluding carboxylic acids is 1. The average molecular weight is 464 g/mol. The smallest absolute Gasteiger partial charge is 0.416 e. The molecule has 0 saturated heterocycles. The Bertz CT molecular complexity index is 1020. The SMILES string of the molecule is COCCOCC(=O)Nc1c[nH]c2ccc(OC3CCC3)cc12.FC(F)(F)c1ccccc1. The summed E-state index contributed by atoms with van der Waals surface area (Å²) < 4.78 is 51.4. The molecule has 6 nitrogen and oxygen atoms in total. The van der Waals surface area contributed by atoms with Crippen LogP contribution in [0.5, 0.6) is 5.75 Å². The van der Waals surface area contributed by atoms with E-state index in [2.05, 4.69) is 10.3 Å². The van der Waals surface area contributed by atoms with Crippen LogP contribution in [0, 0.1) is 0 Å². The van der Waals surface area contributed by atoms with Gasteiger partial charge in [-0.15, -0.1) is 0 Å². The summed E-state index contributed by atoms with van der Waals surface area (Å²) in [5.41, 5.74) is 1.09. The van der Waals surface area contributed by atoms with Gasteiger partial charge < -0.3 is 24.5 Å². The fourth-order valence-corrected chi connectivity index (χ4v) is 3.08. The maximum atomic E-state index is 11.9. The molecule has 33 heavy (non-hydrogen) atoms. The number of rotatable bonds is 8. The zero-order chi connectivity index (χ0) is 23.7. The molecule has 3 aromatic rings. The van der Waals surface area contributed by atoms with Crippen LogP contribution in [0.2, 0.25) is 0 Å². The van der Waals surface area contributed by atoms with Crippen LogP contribution in [0.4, 0.5) is 18.9 Å². The van der Waals surface area contributed by atoms with Gasteiger partial charge in [0, 0.05) is 24.2 Å². The molecule has 178 valence electrons. The van der Waals surface area contributed by atoms with E-state index in [4.69, 9.17) is 14.2 Å². The van der Waals surface area contributed by atoms with Gasteiger partial charge in [-0.3, -0.25) is 4.79 Å². The molecule has 4 rings (SSSR count). The van der Waals surface area contributed by atoms with Crippen LogP contribution in [-0.2, 0) is 20.4 Å². The van der Waals surface area contributed by atoms with Gasteiger partial charge in [-0.05, 0) is 37.5 Å². The summed E-state index contributed by atoms with van der Waals surface area (Å²) in [4.78, 5) is 15.1. The van der Waals surface area contributed by atoms with E-state index in [0.717, 1.165) is 47.3 Å². The molecule has 1 saturated carbocycles. The second-order valence-corrected chi connectivity index (χ2v) is 7.54. The Balaban J connectivity index is 0.000000257. The van der Waals surface area contributed by atoms with E-state index in [0.29, 0.717) is 19.3 Å². The Kier molecular flexibility index (Phi) is 8.73. The zero-order valence-electron chi connectivity index (χ0n) is 18.3. The summed E-state index contributed by atoms with van der Waals surface area (Å²) in [7, 11) is 1.60. The zero-order valence-corrected chi connectivity index (χ0v) is 18.3. The first-order chi connectivity index (χ1) is 15.9. The van der Waals surface area contributed by atoms with Crippen LogP contribution in [0.15, 0.2) is 54.7 Å². The van der Waals surface area contributed by atoms with Crippen molar-refractivity contribution in [2.45, 2.75) is 31.5 Å². The maximum absolute atomic E-state index is 11.9. The number of ether oxygens (including phenoxy) is 3. The largest absolute Gasteiger partial charge is 0.490 e. The number of anilines is 1. The minimum absolute atomic E-state index is 0.00823. The van der Waals surface area contributed by atoms with Crippen LogP contribution in [0.25, 0.3) is 10.9 Å². The molecule has 1 amide bonds. The molecule has 0 aliphatic heterocycles. The topological polar surface area (TPSA) is 72.6 Å². The Labute approximate surface area is 190 Å². The normalized spacial score (nSPS) is 13.7. The fraction of sp³-hybridized carbons (Fsp3) is 0.375. The van der Waals surface area contributed by atoms with E-state index in [1.165, 1.54) is 18.6 Å². The van der Waals surface area contributed by atoms with Crippen molar-refractivity contribution in [1.29, 1.82) is 0 Å². The van der Waals surface area contributed by atoms with Gasteiger partial charge in [-0.2, -0.15) is 13.2 Å². The molecule has 2 N–H and O–H groups in total. The lowest BCUT2D eigenvalue weighted by Crippen LogP contribution is -2.24. The number of fused-ring (bicyclic) bond motifs is 1. The van der Waals surface area contributed by atoms with Gasteiger partial charge in [0.25, 0.3) is 0 Å². The second kappa shape index (κ2) is 11.7. The number of alkyl halides is 3. The first kappa shape index (κ1) is 24.6. The van der Waals surface area contributed by atoms with Gasteiger partial charge in [0.1, 0.15) is 12.4 Å². The van der Waals surface area contributed by atoms with Crippen LogP contribution in [0.1, 0.15) is 24.8 Å². The number of methoxy groups -OCH3 is 1. The molecule has 1 aliphatic carbocycles. The molecule has 2 aromatic carbocycles. The third kappa shape index (κ3) is 7.50. The minimum Gasteiger partial charge on any atom is -0.490 e. The number of hydrogen-bond donors (Lipinski definition) is 2. The van der Waals surface area contributed by atoms with Crippen molar-refractivity contribution >= 4 is 22.5 Å². The molecular weight excluding hydrogens is 437 g/mol. The second-order valence-electron chi connectivity index (χ2n) is 7.54. The van der Waals surface area contributed by atoms with E-state index in [9.17, 15) is 18.0 Å². The Hall–Kier alpha value is -3.04. The molecule has 1 aromatic heterocycles. The van der Waals surface area contributed by atoms with Crippen molar-refractivity contribution < 1.29 is 32.2 Å². The molecule has 0 atom stereocenters. The van der Waals surface area contributed by atoms with Gasteiger partial charge in [-0.25, -0.2) is 0 Å². The molecule has 0 bridgehead atoms. The van der Waals surface area contributed by atoms with Gasteiger partial charge in [0.15, 0.2) is 0 Å². The van der Waals surface area contributed by atoms with Gasteiger partial charge in [-0.1, -0.05) is 30.3 Å². The lowest BCUT2D eigenvalue weighted by Gasteiger charge is -2.26. The number of carbonyl (C=O) groups is 1. The summed E-state index contributed by atoms with van der Waals surface area (Å²) in [6.45, 7) is 0.883. The summed E-state index contributed by atoms with van der Waals surface area (Å²) in [5, 5.41) is 3.80. The van der Waals surface area contributed by atoms with Crippen LogP contribution in [-0.4, -0.2) is 43.9 Å². The Morgan fingerprint density at radius 3 is 2.48 bits per heavy atom. The van der Waals surface area contributed by atoms with E-state index in [1.807, 2.05) is 18.2 Å². The third-order valence-electron chi connectivity index (χ3n) is 5.05. The Morgan fingerprint density at radius 1 is 1.12 bits per heavy atom. The third-order valence-corrected chi connectivity index (χ3v) is 5.05. The summed E-state index contributed by atoms with van der Waals surface area (Å²) >= 11 is 0. The van der Waals surface area contributed by atoms with E-state index >= 15 is 0 Å². The lowest BCUT2D eigenvalue weighted by molar-refractivity contribution is -0.137. The number of benzene rings is 2. The highest BCUT2D eigenvalue weighted by Gasteiger charge is 2.29. The highest BCUT2D eigenvalue weighted by Crippen LogP contribution is 2.31. The fourth-order valence-electron chi connectivity index (χ4n) is 3.08. The van der Waals surface area contributed by atoms with Crippen molar-refractivity contribution in [1.82, 2.24) is 4.98 Å². The monoisotopic (exact) mass is 464 g/mol. The first-order valence-corrected chi connectivity index (χ1v) is 10.6. The Morgan fingerprint density at radius 2 is 1.88 bits per heavy atom. The van der Waals surface area contributed by atoms with Crippen LogP contribution in [0.3, 0.4) is 0 Å². The van der Waals surface area contributed by atoms with Crippen molar-refractivity contribution in [3.8, 4) is 5.75 Å². The van der Waals surface area contributed by atoms with Gasteiger partial charge >= 0.3 is 6.18 Å². The highest BCUT2D eigenvalue weighted by atomic mass is 19.4. The summed E-state index contributed by atoms with van der Waals surface area (Å²) in [5.74, 6) is 0.654. The molecule has 0 radical (unpaired) electrons. The number of amides is 1. The quantitative estimate of drug-likeness (QED) is 0.438. The molecule has 9 heteroatoms. The standard InChI is InChI=1S/C17H22N2O4.C7H5F3/c1-21-7-8-22-11-17(20)19-16-10-18-15-6-5-13(9-14(15)16)23-12-3-2-4-12;8-7(9,10)6-4-2-1-3-5-6/h5-6,9-10,12,18H,2-4,7-8,11H2,1H3,(H,19,20);1-5H. The van der Waals surface area contributed by atoms with Crippen molar-refractivity contribution in [3.63, 3.8) is 0 Å². The average Bonchev–Trinajstić information content (AvgIpc) is 3.16. The molecule has 0 spiro atoms. The van der Waals surface area contributed by atoms with Gasteiger partial charge in [0.2, 0.25) is 5.91 Å². The van der Waals surface area contributed by atoms with E-state index < -0.39 is 11.7 Å². The maximum Gasteiger partial charge on any atom is 0.416 e.